The number of nitrogen functional groups attached to an aromatic ring is 1. The molecule has 0 aliphatic carbocycles. The summed E-state index contributed by atoms with van der Waals surface area (Å²) >= 11 is 3.07. The highest BCUT2D eigenvalue weighted by Crippen LogP contribution is 2.05. The van der Waals surface area contributed by atoms with Crippen molar-refractivity contribution in [3.05, 3.63) is 28.7 Å². The Balaban J connectivity index is 3.17. The van der Waals surface area contributed by atoms with Gasteiger partial charge in [-0.3, -0.25) is 0 Å². The minimum Gasteiger partial charge on any atom is -0.205 e. The fourth-order valence-corrected chi connectivity index (χ4v) is 0.983. The van der Waals surface area contributed by atoms with Gasteiger partial charge in [0, 0.05) is 6.07 Å². The number of nitrogens with two attached hydrogens (primary N) is 1. The van der Waals surface area contributed by atoms with E-state index >= 15 is 0 Å². The Morgan fingerprint density at radius 1 is 1.56 bits per heavy atom. The van der Waals surface area contributed by atoms with E-state index in [1.807, 2.05) is 0 Å². The maximum absolute atomic E-state index is 12.3. The molecule has 0 aromatic carbocycles. The summed E-state index contributed by atoms with van der Waals surface area (Å²) in [5.41, 5.74) is 0. The normalized spacial score (nSPS) is 9.56. The minimum atomic E-state index is -0.355. The second-order valence-corrected chi connectivity index (χ2v) is 2.54. The predicted molar refractivity (Wildman–Crippen MR) is 34.4 cm³/mol. The largest absolute Gasteiger partial charge is 0.234 e. The van der Waals surface area contributed by atoms with Crippen molar-refractivity contribution >= 4 is 15.9 Å². The average molecular weight is 192 g/mol. The van der Waals surface area contributed by atoms with E-state index in [4.69, 9.17) is 5.84 Å². The lowest BCUT2D eigenvalue weighted by molar-refractivity contribution is -0.641. The van der Waals surface area contributed by atoms with Gasteiger partial charge < -0.3 is 0 Å². The summed E-state index contributed by atoms with van der Waals surface area (Å²) in [5.74, 6) is 4.85. The second-order valence-electron chi connectivity index (χ2n) is 1.62. The highest BCUT2D eigenvalue weighted by molar-refractivity contribution is 9.10. The summed E-state index contributed by atoms with van der Waals surface area (Å²) < 4.78 is 14.1. The number of pyridine rings is 1. The number of nitrogens with zero attached hydrogens (tertiary/aromatic N) is 1. The molecule has 0 bridgehead atoms. The molecule has 0 amide bonds. The molecule has 0 aliphatic heterocycles. The van der Waals surface area contributed by atoms with E-state index < -0.39 is 0 Å². The number of hydrogen-bond donors (Lipinski definition) is 1. The second kappa shape index (κ2) is 2.31. The lowest BCUT2D eigenvalue weighted by atomic mass is 10.5. The molecule has 1 rings (SSSR count). The first-order valence-corrected chi connectivity index (χ1v) is 3.10. The van der Waals surface area contributed by atoms with E-state index in [1.54, 1.807) is 6.20 Å². The van der Waals surface area contributed by atoms with Crippen molar-refractivity contribution in [3.63, 3.8) is 0 Å². The van der Waals surface area contributed by atoms with Gasteiger partial charge >= 0.3 is 0 Å². The lowest BCUT2D eigenvalue weighted by Gasteiger charge is -1.86. The highest BCUT2D eigenvalue weighted by Gasteiger charge is 2.00. The van der Waals surface area contributed by atoms with Crippen LogP contribution >= 0.6 is 15.9 Å². The first-order valence-electron chi connectivity index (χ1n) is 2.31. The molecule has 2 nitrogen and oxygen atoms in total. The van der Waals surface area contributed by atoms with Crippen LogP contribution in [0.25, 0.3) is 0 Å². The third-order valence-electron chi connectivity index (χ3n) is 0.821. The van der Waals surface area contributed by atoms with Gasteiger partial charge in [0.05, 0.1) is 4.47 Å². The highest BCUT2D eigenvalue weighted by atomic mass is 79.9. The SMILES string of the molecule is N[n+]1cc(F)cc(Br)c1. The molecule has 0 atom stereocenters. The Labute approximate surface area is 60.2 Å². The Kier molecular flexibility index (Phi) is 1.66. The predicted octanol–water partition coefficient (Wildman–Crippen LogP) is 0.590. The maximum Gasteiger partial charge on any atom is 0.234 e. The summed E-state index contributed by atoms with van der Waals surface area (Å²) in [6.45, 7) is 0. The molecule has 1 heterocycles. The Morgan fingerprint density at radius 2 is 2.22 bits per heavy atom. The fourth-order valence-electron chi connectivity index (χ4n) is 0.528. The van der Waals surface area contributed by atoms with Gasteiger partial charge in [-0.15, -0.1) is 0 Å². The van der Waals surface area contributed by atoms with Gasteiger partial charge in [0.15, 0.2) is 5.82 Å². The van der Waals surface area contributed by atoms with Crippen LogP contribution < -0.4 is 10.5 Å². The van der Waals surface area contributed by atoms with Crippen molar-refractivity contribution in [3.8, 4) is 0 Å². The summed E-state index contributed by atoms with van der Waals surface area (Å²) in [4.78, 5) is 0. The molecular formula is C5H5BrFN2+. The Bertz CT molecular complexity index is 176. The van der Waals surface area contributed by atoms with Crippen LogP contribution in [0.5, 0.6) is 0 Å². The molecule has 0 fully saturated rings. The molecule has 2 N–H and O–H groups in total. The molecule has 0 radical (unpaired) electrons. The molecule has 1 aromatic rings. The molecule has 0 spiro atoms. The lowest BCUT2D eigenvalue weighted by Crippen LogP contribution is -2.43. The molecular weight excluding hydrogens is 187 g/mol. The molecule has 0 saturated carbocycles. The summed E-state index contributed by atoms with van der Waals surface area (Å²) in [7, 11) is 0. The molecule has 4 heteroatoms. The van der Waals surface area contributed by atoms with Gasteiger partial charge in [-0.2, -0.15) is 0 Å². The van der Waals surface area contributed by atoms with Crippen LogP contribution in [-0.2, 0) is 0 Å². The van der Waals surface area contributed by atoms with Gasteiger partial charge in [0.1, 0.15) is 0 Å². The maximum atomic E-state index is 12.3. The van der Waals surface area contributed by atoms with Crippen molar-refractivity contribution in [2.45, 2.75) is 0 Å². The molecule has 1 aromatic heterocycles. The number of aromatic nitrogens is 1. The van der Waals surface area contributed by atoms with Crippen LogP contribution in [0.4, 0.5) is 4.39 Å². The van der Waals surface area contributed by atoms with Crippen LogP contribution in [0.3, 0.4) is 0 Å². The third-order valence-corrected chi connectivity index (χ3v) is 1.25. The van der Waals surface area contributed by atoms with Gasteiger partial charge in [-0.05, 0) is 15.9 Å². The summed E-state index contributed by atoms with van der Waals surface area (Å²) in [6.07, 6.45) is 2.74. The molecule has 0 unspecified atom stereocenters. The van der Waals surface area contributed by atoms with Gasteiger partial charge in [0.25, 0.3) is 0 Å². The van der Waals surface area contributed by atoms with Crippen LogP contribution in [0, 0.1) is 5.82 Å². The third kappa shape index (κ3) is 1.64. The van der Waals surface area contributed by atoms with Crippen molar-refractivity contribution in [2.75, 3.05) is 5.84 Å². The van der Waals surface area contributed by atoms with E-state index in [2.05, 4.69) is 15.9 Å². The average Bonchev–Trinajstić information content (AvgIpc) is 1.59. The smallest absolute Gasteiger partial charge is 0.205 e. The zero-order valence-electron chi connectivity index (χ0n) is 4.51. The van der Waals surface area contributed by atoms with Crippen LogP contribution in [-0.4, -0.2) is 0 Å². The standard InChI is InChI=1S/C5H5BrFN2/c6-4-1-5(7)3-9(8)2-4/h1-3H,8H2/q+1. The quantitative estimate of drug-likeness (QED) is 0.473. The number of rotatable bonds is 0. The molecule has 48 valence electrons. The Hall–Kier alpha value is -0.640. The van der Waals surface area contributed by atoms with E-state index in [9.17, 15) is 4.39 Å². The van der Waals surface area contributed by atoms with E-state index in [0.29, 0.717) is 4.47 Å². The molecule has 0 aliphatic rings. The van der Waals surface area contributed by atoms with E-state index in [0.717, 1.165) is 4.68 Å². The summed E-state index contributed by atoms with van der Waals surface area (Å²) in [6, 6.07) is 1.34. The Morgan fingerprint density at radius 3 is 2.67 bits per heavy atom. The van der Waals surface area contributed by atoms with Crippen molar-refractivity contribution in [2.24, 2.45) is 0 Å². The summed E-state index contributed by atoms with van der Waals surface area (Å²) in [5, 5.41) is 0. The first-order chi connectivity index (χ1) is 4.18. The number of halogens is 2. The zero-order valence-corrected chi connectivity index (χ0v) is 6.10. The van der Waals surface area contributed by atoms with Crippen molar-refractivity contribution in [1.29, 1.82) is 0 Å². The minimum absolute atomic E-state index is 0.355. The van der Waals surface area contributed by atoms with Crippen molar-refractivity contribution in [1.82, 2.24) is 0 Å². The van der Waals surface area contributed by atoms with E-state index in [-0.39, 0.29) is 5.82 Å². The van der Waals surface area contributed by atoms with Gasteiger partial charge in [-0.25, -0.2) is 10.2 Å². The topological polar surface area (TPSA) is 29.9 Å². The zero-order chi connectivity index (χ0) is 6.85. The van der Waals surface area contributed by atoms with E-state index in [1.165, 1.54) is 12.3 Å². The van der Waals surface area contributed by atoms with Gasteiger partial charge in [0.2, 0.25) is 12.4 Å². The number of hydrogen-bond acceptors (Lipinski definition) is 1. The fraction of sp³-hybridized carbons (Fsp3) is 0. The van der Waals surface area contributed by atoms with Crippen LogP contribution in [0.1, 0.15) is 0 Å². The van der Waals surface area contributed by atoms with Crippen LogP contribution in [0.2, 0.25) is 0 Å². The molecule has 9 heavy (non-hydrogen) atoms. The first kappa shape index (κ1) is 6.48. The monoisotopic (exact) mass is 191 g/mol. The van der Waals surface area contributed by atoms with Crippen molar-refractivity contribution < 1.29 is 9.07 Å². The molecule has 0 saturated heterocycles. The van der Waals surface area contributed by atoms with Crippen LogP contribution in [0.15, 0.2) is 22.9 Å². The van der Waals surface area contributed by atoms with Gasteiger partial charge in [-0.1, -0.05) is 4.68 Å².